The van der Waals surface area contributed by atoms with Gasteiger partial charge >= 0.3 is 0 Å². The first-order valence-electron chi connectivity index (χ1n) is 6.79. The van der Waals surface area contributed by atoms with E-state index in [0.29, 0.717) is 6.54 Å². The van der Waals surface area contributed by atoms with Crippen LogP contribution in [0.5, 0.6) is 0 Å². The van der Waals surface area contributed by atoms with Gasteiger partial charge in [0.25, 0.3) is 0 Å². The van der Waals surface area contributed by atoms with Gasteiger partial charge in [-0.15, -0.1) is 12.4 Å². The average molecular weight is 307 g/mol. The van der Waals surface area contributed by atoms with Crippen molar-refractivity contribution in [3.8, 4) is 5.69 Å². The van der Waals surface area contributed by atoms with E-state index in [-0.39, 0.29) is 24.2 Å². The molecule has 0 spiro atoms. The third-order valence-electron chi connectivity index (χ3n) is 3.58. The van der Waals surface area contributed by atoms with Gasteiger partial charge in [0, 0.05) is 38.4 Å². The molecule has 6 heteroatoms. The molecule has 0 bridgehead atoms. The summed E-state index contributed by atoms with van der Waals surface area (Å²) >= 11 is 0. The smallest absolute Gasteiger partial charge is 0.228 e. The summed E-state index contributed by atoms with van der Waals surface area (Å²) in [5, 5.41) is 7.47. The Balaban J connectivity index is 0.00000161. The lowest BCUT2D eigenvalue weighted by atomic mass is 10.0. The van der Waals surface area contributed by atoms with Crippen molar-refractivity contribution >= 4 is 18.3 Å². The van der Waals surface area contributed by atoms with Gasteiger partial charge in [-0.2, -0.15) is 5.10 Å². The van der Waals surface area contributed by atoms with Crippen LogP contribution in [0.3, 0.4) is 0 Å². The molecule has 1 fully saturated rings. The fourth-order valence-electron chi connectivity index (χ4n) is 2.29. The fourth-order valence-corrected chi connectivity index (χ4v) is 2.29. The molecule has 1 N–H and O–H groups in total. The molecule has 5 nitrogen and oxygen atoms in total. The maximum absolute atomic E-state index is 12.1. The first-order valence-corrected chi connectivity index (χ1v) is 6.79. The number of hydrogen-bond acceptors (Lipinski definition) is 3. The largest absolute Gasteiger partial charge is 0.341 e. The Labute approximate surface area is 130 Å². The SMILES string of the molecule is CN(Cc1cnn(-c2ccccc2)c1)C(=O)C1CNC1.Cl. The topological polar surface area (TPSA) is 50.2 Å². The van der Waals surface area contributed by atoms with Crippen LogP contribution in [-0.4, -0.2) is 40.7 Å². The molecule has 0 aliphatic carbocycles. The predicted octanol–water partition coefficient (Wildman–Crippen LogP) is 1.47. The number of hydrogen-bond donors (Lipinski definition) is 1. The van der Waals surface area contributed by atoms with Gasteiger partial charge in [0.1, 0.15) is 0 Å². The van der Waals surface area contributed by atoms with Gasteiger partial charge in [-0.1, -0.05) is 18.2 Å². The van der Waals surface area contributed by atoms with Crippen molar-refractivity contribution in [2.75, 3.05) is 20.1 Å². The lowest BCUT2D eigenvalue weighted by Gasteiger charge is -2.30. The fraction of sp³-hybridized carbons (Fsp3) is 0.333. The second kappa shape index (κ2) is 6.74. The normalized spacial score (nSPS) is 14.1. The summed E-state index contributed by atoms with van der Waals surface area (Å²) in [4.78, 5) is 13.8. The van der Waals surface area contributed by atoms with Gasteiger partial charge in [-0.3, -0.25) is 4.79 Å². The Hall–Kier alpha value is -1.85. The molecule has 1 aromatic heterocycles. The van der Waals surface area contributed by atoms with Crippen LogP contribution >= 0.6 is 12.4 Å². The lowest BCUT2D eigenvalue weighted by molar-refractivity contribution is -0.136. The van der Waals surface area contributed by atoms with E-state index in [0.717, 1.165) is 24.3 Å². The molecule has 2 aromatic rings. The van der Waals surface area contributed by atoms with E-state index in [1.807, 2.05) is 54.5 Å². The highest BCUT2D eigenvalue weighted by molar-refractivity contribution is 5.85. The number of nitrogens with zero attached hydrogens (tertiary/aromatic N) is 3. The molecular weight excluding hydrogens is 288 g/mol. The van der Waals surface area contributed by atoms with Crippen molar-refractivity contribution in [3.05, 3.63) is 48.3 Å². The van der Waals surface area contributed by atoms with Crippen LogP contribution in [0.15, 0.2) is 42.7 Å². The minimum absolute atomic E-state index is 0. The molecular formula is C15H19ClN4O. The summed E-state index contributed by atoms with van der Waals surface area (Å²) in [6, 6.07) is 9.95. The monoisotopic (exact) mass is 306 g/mol. The van der Waals surface area contributed by atoms with Gasteiger partial charge in [0.2, 0.25) is 5.91 Å². The highest BCUT2D eigenvalue weighted by Gasteiger charge is 2.27. The summed E-state index contributed by atoms with van der Waals surface area (Å²) in [7, 11) is 1.85. The maximum Gasteiger partial charge on any atom is 0.228 e. The van der Waals surface area contributed by atoms with Crippen molar-refractivity contribution in [1.29, 1.82) is 0 Å². The third kappa shape index (κ3) is 3.43. The van der Waals surface area contributed by atoms with Crippen molar-refractivity contribution in [1.82, 2.24) is 20.0 Å². The highest BCUT2D eigenvalue weighted by atomic mass is 35.5. The highest BCUT2D eigenvalue weighted by Crippen LogP contribution is 2.12. The summed E-state index contributed by atoms with van der Waals surface area (Å²) in [6.07, 6.45) is 3.79. The molecule has 1 amide bonds. The quantitative estimate of drug-likeness (QED) is 0.931. The maximum atomic E-state index is 12.1. The molecule has 1 saturated heterocycles. The van der Waals surface area contributed by atoms with E-state index in [2.05, 4.69) is 10.4 Å². The summed E-state index contributed by atoms with van der Waals surface area (Å²) in [5.74, 6) is 0.348. The Kier molecular flexibility index (Phi) is 4.98. The van der Waals surface area contributed by atoms with Crippen molar-refractivity contribution in [2.24, 2.45) is 5.92 Å². The van der Waals surface area contributed by atoms with Gasteiger partial charge in [-0.05, 0) is 12.1 Å². The number of carbonyl (C=O) groups is 1. The summed E-state index contributed by atoms with van der Waals surface area (Å²) < 4.78 is 1.83. The summed E-state index contributed by atoms with van der Waals surface area (Å²) in [5.41, 5.74) is 2.06. The number of rotatable bonds is 4. The zero-order chi connectivity index (χ0) is 13.9. The Morgan fingerprint density at radius 2 is 2.10 bits per heavy atom. The molecule has 0 unspecified atom stereocenters. The molecule has 1 aliphatic heterocycles. The van der Waals surface area contributed by atoms with E-state index in [1.54, 1.807) is 4.90 Å². The van der Waals surface area contributed by atoms with E-state index in [9.17, 15) is 4.79 Å². The molecule has 2 heterocycles. The number of para-hydroxylation sites is 1. The predicted molar refractivity (Wildman–Crippen MR) is 83.6 cm³/mol. The molecule has 0 atom stereocenters. The van der Waals surface area contributed by atoms with Crippen LogP contribution < -0.4 is 5.32 Å². The number of halogens is 1. The van der Waals surface area contributed by atoms with Gasteiger partial charge in [0.15, 0.2) is 0 Å². The molecule has 3 rings (SSSR count). The van der Waals surface area contributed by atoms with E-state index >= 15 is 0 Å². The molecule has 112 valence electrons. The van der Waals surface area contributed by atoms with Crippen LogP contribution in [0.1, 0.15) is 5.56 Å². The lowest BCUT2D eigenvalue weighted by Crippen LogP contribution is -2.50. The molecule has 1 aromatic carbocycles. The number of aromatic nitrogens is 2. The standard InChI is InChI=1S/C15H18N4O.ClH/c1-18(15(20)13-8-16-9-13)10-12-7-17-19(11-12)14-5-3-2-4-6-14;/h2-7,11,13,16H,8-10H2,1H3;1H. The molecule has 0 saturated carbocycles. The second-order valence-electron chi connectivity index (χ2n) is 5.18. The Morgan fingerprint density at radius 3 is 2.71 bits per heavy atom. The molecule has 0 radical (unpaired) electrons. The van der Waals surface area contributed by atoms with E-state index in [4.69, 9.17) is 0 Å². The average Bonchev–Trinajstić information content (AvgIpc) is 2.86. The van der Waals surface area contributed by atoms with Crippen LogP contribution in [0.2, 0.25) is 0 Å². The number of carbonyl (C=O) groups excluding carboxylic acids is 1. The van der Waals surface area contributed by atoms with Gasteiger partial charge in [0.05, 0.1) is 17.8 Å². The first-order chi connectivity index (χ1) is 9.74. The van der Waals surface area contributed by atoms with Crippen molar-refractivity contribution in [2.45, 2.75) is 6.54 Å². The van der Waals surface area contributed by atoms with Crippen LogP contribution in [0.4, 0.5) is 0 Å². The third-order valence-corrected chi connectivity index (χ3v) is 3.58. The minimum Gasteiger partial charge on any atom is -0.341 e. The van der Waals surface area contributed by atoms with Crippen LogP contribution in [0.25, 0.3) is 5.69 Å². The Bertz CT molecular complexity index is 595. The van der Waals surface area contributed by atoms with Crippen LogP contribution in [0, 0.1) is 5.92 Å². The number of benzene rings is 1. The van der Waals surface area contributed by atoms with Gasteiger partial charge < -0.3 is 10.2 Å². The van der Waals surface area contributed by atoms with E-state index in [1.165, 1.54) is 0 Å². The van der Waals surface area contributed by atoms with E-state index < -0.39 is 0 Å². The van der Waals surface area contributed by atoms with Crippen molar-refractivity contribution in [3.63, 3.8) is 0 Å². The summed E-state index contributed by atoms with van der Waals surface area (Å²) in [6.45, 7) is 2.20. The molecule has 1 aliphatic rings. The second-order valence-corrected chi connectivity index (χ2v) is 5.18. The molecule has 21 heavy (non-hydrogen) atoms. The van der Waals surface area contributed by atoms with Gasteiger partial charge in [-0.25, -0.2) is 4.68 Å². The zero-order valence-electron chi connectivity index (χ0n) is 11.9. The van der Waals surface area contributed by atoms with Crippen LogP contribution in [-0.2, 0) is 11.3 Å². The first kappa shape index (κ1) is 15.5. The number of amides is 1. The Morgan fingerprint density at radius 1 is 1.38 bits per heavy atom. The van der Waals surface area contributed by atoms with Crippen molar-refractivity contribution < 1.29 is 4.79 Å². The number of nitrogens with one attached hydrogen (secondary N) is 1. The zero-order valence-corrected chi connectivity index (χ0v) is 12.7. The minimum atomic E-state index is 0.